The number of carbonyl (C=O) groups excluding carboxylic acids is 1. The van der Waals surface area contributed by atoms with Crippen molar-refractivity contribution in [2.45, 2.75) is 20.1 Å². The molecule has 0 atom stereocenters. The third kappa shape index (κ3) is 2.05. The number of hydrogen-bond donors (Lipinski definition) is 0. The molecule has 0 saturated heterocycles. The average molecular weight is 212 g/mol. The van der Waals surface area contributed by atoms with Crippen LogP contribution in [0.3, 0.4) is 0 Å². The zero-order valence-electron chi connectivity index (χ0n) is 9.12. The molecular weight excluding hydrogens is 200 g/mol. The maximum Gasteiger partial charge on any atom is 0.152 e. The van der Waals surface area contributed by atoms with E-state index in [0.717, 1.165) is 22.3 Å². The third-order valence-corrected chi connectivity index (χ3v) is 2.54. The molecule has 1 aliphatic heterocycles. The molecule has 80 valence electrons. The minimum atomic E-state index is 0.0136. The number of carbonyl (C=O) groups is 1. The zero-order chi connectivity index (χ0) is 11.5. The zero-order valence-corrected chi connectivity index (χ0v) is 9.12. The van der Waals surface area contributed by atoms with Crippen LogP contribution in [0.15, 0.2) is 18.2 Å². The van der Waals surface area contributed by atoms with E-state index in [9.17, 15) is 4.79 Å². The molecule has 1 heterocycles. The molecule has 0 N–H and O–H groups in total. The van der Waals surface area contributed by atoms with Crippen LogP contribution in [0.5, 0.6) is 0 Å². The molecule has 0 bridgehead atoms. The Morgan fingerprint density at radius 2 is 2.12 bits per heavy atom. The fourth-order valence-electron chi connectivity index (χ4n) is 1.72. The molecule has 2 heteroatoms. The number of ether oxygens (including phenoxy) is 1. The fourth-order valence-corrected chi connectivity index (χ4v) is 1.72. The van der Waals surface area contributed by atoms with Gasteiger partial charge in [-0.05, 0) is 41.8 Å². The van der Waals surface area contributed by atoms with Crippen LogP contribution in [-0.2, 0) is 22.7 Å². The van der Waals surface area contributed by atoms with Gasteiger partial charge in [-0.15, -0.1) is 6.42 Å². The van der Waals surface area contributed by atoms with E-state index in [0.29, 0.717) is 13.2 Å². The molecule has 1 aliphatic rings. The number of ketones is 1. The van der Waals surface area contributed by atoms with E-state index in [4.69, 9.17) is 11.2 Å². The van der Waals surface area contributed by atoms with Crippen molar-refractivity contribution in [1.82, 2.24) is 0 Å². The van der Waals surface area contributed by atoms with Gasteiger partial charge < -0.3 is 4.74 Å². The van der Waals surface area contributed by atoms with Crippen LogP contribution in [0.25, 0.3) is 6.08 Å². The second-order valence-corrected chi connectivity index (χ2v) is 3.79. The molecule has 0 radical (unpaired) electrons. The molecular formula is C14H12O2. The second kappa shape index (κ2) is 4.34. The van der Waals surface area contributed by atoms with Gasteiger partial charge in [-0.1, -0.05) is 12.0 Å². The smallest absolute Gasteiger partial charge is 0.152 e. The monoisotopic (exact) mass is 212 g/mol. The predicted molar refractivity (Wildman–Crippen MR) is 62.6 cm³/mol. The fraction of sp³-hybridized carbons (Fsp3) is 0.214. The van der Waals surface area contributed by atoms with Crippen molar-refractivity contribution in [1.29, 1.82) is 0 Å². The van der Waals surface area contributed by atoms with Crippen molar-refractivity contribution < 1.29 is 9.53 Å². The summed E-state index contributed by atoms with van der Waals surface area (Å²) < 4.78 is 5.34. The summed E-state index contributed by atoms with van der Waals surface area (Å²) in [5.41, 5.74) is 4.01. The van der Waals surface area contributed by atoms with Crippen LogP contribution >= 0.6 is 0 Å². The average Bonchev–Trinajstić information content (AvgIpc) is 2.71. The van der Waals surface area contributed by atoms with Crippen molar-refractivity contribution in [2.24, 2.45) is 0 Å². The van der Waals surface area contributed by atoms with Gasteiger partial charge in [0.15, 0.2) is 5.78 Å². The number of benzene rings is 1. The Bertz CT molecular complexity index is 504. The quantitative estimate of drug-likeness (QED) is 0.555. The molecule has 1 aromatic rings. The third-order valence-electron chi connectivity index (χ3n) is 2.54. The highest BCUT2D eigenvalue weighted by atomic mass is 16.5. The number of fused-ring (bicyclic) bond motifs is 1. The van der Waals surface area contributed by atoms with Crippen molar-refractivity contribution in [3.8, 4) is 12.3 Å². The Morgan fingerprint density at radius 3 is 2.75 bits per heavy atom. The largest absolute Gasteiger partial charge is 0.372 e. The van der Waals surface area contributed by atoms with E-state index < -0.39 is 0 Å². The summed E-state index contributed by atoms with van der Waals surface area (Å²) in [5, 5.41) is 0. The van der Waals surface area contributed by atoms with Crippen LogP contribution in [0.1, 0.15) is 29.2 Å². The van der Waals surface area contributed by atoms with Crippen LogP contribution in [0.4, 0.5) is 0 Å². The standard InChI is InChI=1S/C14H12O2/c1-3-11-6-13-8-16-9-14(13)7-12(11)5-4-10(2)15/h1,4-7H,8-9H2,2H3/b5-4+. The van der Waals surface area contributed by atoms with E-state index in [2.05, 4.69) is 5.92 Å². The number of rotatable bonds is 2. The molecule has 0 fully saturated rings. The first kappa shape index (κ1) is 10.7. The van der Waals surface area contributed by atoms with E-state index >= 15 is 0 Å². The van der Waals surface area contributed by atoms with Crippen LogP contribution in [0, 0.1) is 12.3 Å². The number of terminal acetylenes is 1. The Morgan fingerprint density at radius 1 is 1.44 bits per heavy atom. The van der Waals surface area contributed by atoms with Crippen molar-refractivity contribution in [3.05, 3.63) is 40.5 Å². The maximum absolute atomic E-state index is 10.9. The molecule has 0 aliphatic carbocycles. The summed E-state index contributed by atoms with van der Waals surface area (Å²) in [6.45, 7) is 2.77. The molecule has 2 nitrogen and oxygen atoms in total. The van der Waals surface area contributed by atoms with Gasteiger partial charge in [0.2, 0.25) is 0 Å². The number of hydrogen-bond acceptors (Lipinski definition) is 2. The van der Waals surface area contributed by atoms with E-state index in [1.165, 1.54) is 13.0 Å². The summed E-state index contributed by atoms with van der Waals surface area (Å²) in [4.78, 5) is 10.9. The molecule has 0 amide bonds. The lowest BCUT2D eigenvalue weighted by Gasteiger charge is -2.03. The SMILES string of the molecule is C#Cc1cc2c(cc1/C=C/C(C)=O)COC2. The molecule has 2 rings (SSSR count). The van der Waals surface area contributed by atoms with E-state index in [-0.39, 0.29) is 5.78 Å². The lowest BCUT2D eigenvalue weighted by molar-refractivity contribution is -0.112. The van der Waals surface area contributed by atoms with Gasteiger partial charge in [-0.25, -0.2) is 0 Å². The molecule has 0 unspecified atom stereocenters. The van der Waals surface area contributed by atoms with Crippen LogP contribution < -0.4 is 0 Å². The van der Waals surface area contributed by atoms with E-state index in [1.54, 1.807) is 6.08 Å². The summed E-state index contributed by atoms with van der Waals surface area (Å²) in [6, 6.07) is 3.96. The molecule has 1 aromatic carbocycles. The van der Waals surface area contributed by atoms with Gasteiger partial charge in [0.1, 0.15) is 0 Å². The summed E-state index contributed by atoms with van der Waals surface area (Å²) in [5.74, 6) is 2.64. The Labute approximate surface area is 94.9 Å². The van der Waals surface area contributed by atoms with Gasteiger partial charge >= 0.3 is 0 Å². The topological polar surface area (TPSA) is 26.3 Å². The highest BCUT2D eigenvalue weighted by molar-refractivity contribution is 5.91. The maximum atomic E-state index is 10.9. The lowest BCUT2D eigenvalue weighted by atomic mass is 10.00. The Kier molecular flexibility index (Phi) is 2.89. The predicted octanol–water partition coefficient (Wildman–Crippen LogP) is 2.30. The Balaban J connectivity index is 2.45. The van der Waals surface area contributed by atoms with Gasteiger partial charge in [0.25, 0.3) is 0 Å². The van der Waals surface area contributed by atoms with E-state index in [1.807, 2.05) is 12.1 Å². The lowest BCUT2D eigenvalue weighted by Crippen LogP contribution is -1.90. The molecule has 0 spiro atoms. The number of allylic oxidation sites excluding steroid dienone is 1. The summed E-state index contributed by atoms with van der Waals surface area (Å²) >= 11 is 0. The van der Waals surface area contributed by atoms with Crippen molar-refractivity contribution in [2.75, 3.05) is 0 Å². The van der Waals surface area contributed by atoms with Crippen molar-refractivity contribution in [3.63, 3.8) is 0 Å². The highest BCUT2D eigenvalue weighted by Crippen LogP contribution is 2.24. The Hall–Kier alpha value is -1.85. The molecule has 0 saturated carbocycles. The van der Waals surface area contributed by atoms with Gasteiger partial charge in [-0.3, -0.25) is 4.79 Å². The van der Waals surface area contributed by atoms with Gasteiger partial charge in [0.05, 0.1) is 13.2 Å². The summed E-state index contributed by atoms with van der Waals surface area (Å²) in [6.07, 6.45) is 8.73. The minimum Gasteiger partial charge on any atom is -0.372 e. The van der Waals surface area contributed by atoms with Crippen LogP contribution in [-0.4, -0.2) is 5.78 Å². The molecule has 0 aromatic heterocycles. The minimum absolute atomic E-state index is 0.0136. The second-order valence-electron chi connectivity index (χ2n) is 3.79. The van der Waals surface area contributed by atoms with Gasteiger partial charge in [0, 0.05) is 5.56 Å². The van der Waals surface area contributed by atoms with Crippen molar-refractivity contribution >= 4 is 11.9 Å². The molecule has 16 heavy (non-hydrogen) atoms. The normalized spacial score (nSPS) is 13.8. The first-order valence-electron chi connectivity index (χ1n) is 5.09. The summed E-state index contributed by atoms with van der Waals surface area (Å²) in [7, 11) is 0. The first-order valence-corrected chi connectivity index (χ1v) is 5.09. The van der Waals surface area contributed by atoms with Gasteiger partial charge in [-0.2, -0.15) is 0 Å². The van der Waals surface area contributed by atoms with Crippen LogP contribution in [0.2, 0.25) is 0 Å². The highest BCUT2D eigenvalue weighted by Gasteiger charge is 2.13. The first-order chi connectivity index (χ1) is 7.70.